The first-order valence-corrected chi connectivity index (χ1v) is 33.4. The van der Waals surface area contributed by atoms with Crippen LogP contribution in [0, 0.1) is 0 Å². The molecule has 1 amide bonds. The molecule has 0 bridgehead atoms. The van der Waals surface area contributed by atoms with Crippen molar-refractivity contribution in [2.24, 2.45) is 0 Å². The molecule has 0 radical (unpaired) electrons. The van der Waals surface area contributed by atoms with Crippen LogP contribution >= 0.6 is 0 Å². The smallest absolute Gasteiger partial charge is 0.220 e. The second kappa shape index (κ2) is 56.2. The first-order chi connectivity index (χ1) is 36.8. The molecule has 1 aliphatic heterocycles. The molecule has 9 heteroatoms. The van der Waals surface area contributed by atoms with Crippen LogP contribution in [0.25, 0.3) is 0 Å². The third-order valence-corrected chi connectivity index (χ3v) is 16.4. The van der Waals surface area contributed by atoms with E-state index >= 15 is 0 Å². The fourth-order valence-electron chi connectivity index (χ4n) is 11.1. The fourth-order valence-corrected chi connectivity index (χ4v) is 11.1. The van der Waals surface area contributed by atoms with Gasteiger partial charge in [0.15, 0.2) is 6.29 Å². The number of hydrogen-bond donors (Lipinski definition) is 6. The van der Waals surface area contributed by atoms with E-state index in [9.17, 15) is 30.3 Å². The zero-order valence-corrected chi connectivity index (χ0v) is 49.8. The number of nitrogens with one attached hydrogen (secondary N) is 1. The Bertz CT molecular complexity index is 1190. The van der Waals surface area contributed by atoms with E-state index in [1.165, 1.54) is 283 Å². The number of unbranched alkanes of at least 4 members (excludes halogenated alkanes) is 47. The van der Waals surface area contributed by atoms with Crippen LogP contribution in [-0.4, -0.2) is 87.5 Å². The average Bonchev–Trinajstić information content (AvgIpc) is 3.41. The zero-order chi connectivity index (χ0) is 54.3. The zero-order valence-electron chi connectivity index (χ0n) is 49.8. The lowest BCUT2D eigenvalue weighted by Crippen LogP contribution is -2.60. The molecule has 9 nitrogen and oxygen atoms in total. The minimum Gasteiger partial charge on any atom is -0.394 e. The summed E-state index contributed by atoms with van der Waals surface area (Å²) in [7, 11) is 0. The number of aliphatic hydroxyl groups is 5. The van der Waals surface area contributed by atoms with E-state index in [0.29, 0.717) is 12.8 Å². The lowest BCUT2D eigenvalue weighted by molar-refractivity contribution is -0.302. The highest BCUT2D eigenvalue weighted by atomic mass is 16.7. The number of rotatable bonds is 59. The maximum atomic E-state index is 13.1. The Kier molecular flexibility index (Phi) is 53.9. The van der Waals surface area contributed by atoms with E-state index in [1.807, 2.05) is 0 Å². The number of aliphatic hydroxyl groups excluding tert-OH is 5. The van der Waals surface area contributed by atoms with E-state index < -0.39 is 49.5 Å². The first-order valence-electron chi connectivity index (χ1n) is 33.4. The summed E-state index contributed by atoms with van der Waals surface area (Å²) in [6.07, 6.45) is 64.3. The molecular formula is C66H129NO8. The Morgan fingerprint density at radius 1 is 0.440 bits per heavy atom. The van der Waals surface area contributed by atoms with Gasteiger partial charge in [0.1, 0.15) is 24.4 Å². The lowest BCUT2D eigenvalue weighted by atomic mass is 9.99. The van der Waals surface area contributed by atoms with Crippen molar-refractivity contribution in [3.8, 4) is 0 Å². The van der Waals surface area contributed by atoms with Gasteiger partial charge < -0.3 is 40.3 Å². The molecular weight excluding hydrogens is 935 g/mol. The van der Waals surface area contributed by atoms with E-state index in [0.717, 1.165) is 38.5 Å². The topological polar surface area (TPSA) is 149 Å². The summed E-state index contributed by atoms with van der Waals surface area (Å²) in [4.78, 5) is 13.1. The lowest BCUT2D eigenvalue weighted by Gasteiger charge is -2.40. The van der Waals surface area contributed by atoms with Gasteiger partial charge in [0.2, 0.25) is 5.91 Å². The van der Waals surface area contributed by atoms with E-state index in [1.54, 1.807) is 0 Å². The second-order valence-corrected chi connectivity index (χ2v) is 23.6. The summed E-state index contributed by atoms with van der Waals surface area (Å²) in [5.74, 6) is -0.137. The first kappa shape index (κ1) is 71.9. The third-order valence-electron chi connectivity index (χ3n) is 16.4. The molecule has 0 spiro atoms. The minimum absolute atomic E-state index is 0.133. The maximum Gasteiger partial charge on any atom is 0.220 e. The number of ether oxygens (including phenoxy) is 2. The van der Waals surface area contributed by atoms with Crippen molar-refractivity contribution in [1.29, 1.82) is 0 Å². The highest BCUT2D eigenvalue weighted by molar-refractivity contribution is 5.76. The molecule has 0 aromatic heterocycles. The molecule has 6 N–H and O–H groups in total. The van der Waals surface area contributed by atoms with Crippen LogP contribution in [0.15, 0.2) is 12.2 Å². The maximum absolute atomic E-state index is 13.1. The van der Waals surface area contributed by atoms with Crippen molar-refractivity contribution >= 4 is 5.91 Å². The predicted octanol–water partition coefficient (Wildman–Crippen LogP) is 17.5. The standard InChI is InChI=1S/C66H129NO8/c1-3-5-7-9-11-13-15-17-19-20-21-22-23-24-25-26-27-28-29-30-31-32-33-34-35-36-37-38-39-40-42-44-46-48-50-52-54-56-62(70)67-59(58-74-66-65(73)64(72)63(71)61(57-68)75-66)60(69)55-53-51-49-47-45-43-41-18-16-14-12-10-8-6-4-2/h28-29,59-61,63-66,68-69,71-73H,3-27,30-58H2,1-2H3,(H,67,70)/b29-28-. The highest BCUT2D eigenvalue weighted by Crippen LogP contribution is 2.24. The average molecular weight is 1060 g/mol. The van der Waals surface area contributed by atoms with Crippen LogP contribution in [0.3, 0.4) is 0 Å². The van der Waals surface area contributed by atoms with Gasteiger partial charge in [0.05, 0.1) is 25.4 Å². The molecule has 75 heavy (non-hydrogen) atoms. The van der Waals surface area contributed by atoms with Gasteiger partial charge in [-0.2, -0.15) is 0 Å². The van der Waals surface area contributed by atoms with E-state index in [2.05, 4.69) is 31.3 Å². The van der Waals surface area contributed by atoms with Gasteiger partial charge in [-0.05, 0) is 38.5 Å². The molecule has 7 atom stereocenters. The molecule has 0 aromatic carbocycles. The number of carbonyl (C=O) groups excluding carboxylic acids is 1. The SMILES string of the molecule is CCCCCCCCCCCCCCCCCC/C=C\CCCCCCCCCCCCCCCCCCCC(=O)NC(COC1OC(CO)C(O)C(O)C1O)C(O)CCCCCCCCCCCCCCCCC. The van der Waals surface area contributed by atoms with Crippen molar-refractivity contribution < 1.29 is 39.8 Å². The number of carbonyl (C=O) groups is 1. The molecule has 1 rings (SSSR count). The van der Waals surface area contributed by atoms with Crippen molar-refractivity contribution in [3.63, 3.8) is 0 Å². The molecule has 1 aliphatic rings. The largest absolute Gasteiger partial charge is 0.394 e. The summed E-state index contributed by atoms with van der Waals surface area (Å²) < 4.78 is 11.3. The normalized spacial score (nSPS) is 18.8. The molecule has 7 unspecified atom stereocenters. The van der Waals surface area contributed by atoms with Gasteiger partial charge >= 0.3 is 0 Å². The van der Waals surface area contributed by atoms with Gasteiger partial charge in [-0.1, -0.05) is 315 Å². The Labute approximate surface area is 465 Å². The Morgan fingerprint density at radius 3 is 1.08 bits per heavy atom. The molecule has 446 valence electrons. The minimum atomic E-state index is -1.55. The van der Waals surface area contributed by atoms with Gasteiger partial charge in [-0.15, -0.1) is 0 Å². The molecule has 0 aliphatic carbocycles. The summed E-state index contributed by atoms with van der Waals surface area (Å²) in [5.41, 5.74) is 0. The molecule has 1 saturated heterocycles. The van der Waals surface area contributed by atoms with Gasteiger partial charge in [-0.25, -0.2) is 0 Å². The van der Waals surface area contributed by atoms with Gasteiger partial charge in [-0.3, -0.25) is 4.79 Å². The summed E-state index contributed by atoms with van der Waals surface area (Å²) in [6.45, 7) is 3.88. The summed E-state index contributed by atoms with van der Waals surface area (Å²) in [6, 6.07) is -0.715. The number of allylic oxidation sites excluding steroid dienone is 2. The molecule has 0 aromatic rings. The molecule has 1 fully saturated rings. The Hall–Kier alpha value is -1.07. The van der Waals surface area contributed by atoms with Crippen LogP contribution in [-0.2, 0) is 14.3 Å². The van der Waals surface area contributed by atoms with Crippen molar-refractivity contribution in [1.82, 2.24) is 5.32 Å². The van der Waals surface area contributed by atoms with E-state index in [4.69, 9.17) is 9.47 Å². The second-order valence-electron chi connectivity index (χ2n) is 23.6. The molecule has 0 saturated carbocycles. The summed E-state index contributed by atoms with van der Waals surface area (Å²) in [5, 5.41) is 54.7. The highest BCUT2D eigenvalue weighted by Gasteiger charge is 2.44. The van der Waals surface area contributed by atoms with Crippen LogP contribution < -0.4 is 5.32 Å². The fraction of sp³-hybridized carbons (Fsp3) is 0.955. The van der Waals surface area contributed by atoms with Crippen molar-refractivity contribution in [2.75, 3.05) is 13.2 Å². The Balaban J connectivity index is 2.04. The van der Waals surface area contributed by atoms with Crippen LogP contribution in [0.5, 0.6) is 0 Å². The third kappa shape index (κ3) is 45.4. The van der Waals surface area contributed by atoms with Gasteiger partial charge in [0.25, 0.3) is 0 Å². The van der Waals surface area contributed by atoms with Crippen LogP contribution in [0.4, 0.5) is 0 Å². The van der Waals surface area contributed by atoms with Crippen molar-refractivity contribution in [2.45, 2.75) is 391 Å². The monoisotopic (exact) mass is 1060 g/mol. The van der Waals surface area contributed by atoms with E-state index in [-0.39, 0.29) is 12.5 Å². The van der Waals surface area contributed by atoms with Gasteiger partial charge in [0, 0.05) is 6.42 Å². The quantitative estimate of drug-likeness (QED) is 0.0261. The van der Waals surface area contributed by atoms with Crippen LogP contribution in [0.2, 0.25) is 0 Å². The summed E-state index contributed by atoms with van der Waals surface area (Å²) >= 11 is 0. The van der Waals surface area contributed by atoms with Crippen LogP contribution in [0.1, 0.15) is 348 Å². The molecule has 1 heterocycles. The Morgan fingerprint density at radius 2 is 0.747 bits per heavy atom. The number of amides is 1. The number of hydrogen-bond acceptors (Lipinski definition) is 8. The predicted molar refractivity (Wildman–Crippen MR) is 318 cm³/mol. The van der Waals surface area contributed by atoms with Crippen molar-refractivity contribution in [3.05, 3.63) is 12.2 Å².